The number of rotatable bonds is 10. The molecule has 0 saturated heterocycles. The van der Waals surface area contributed by atoms with Crippen LogP contribution >= 0.6 is 34.5 Å². The lowest BCUT2D eigenvalue weighted by molar-refractivity contribution is 0.0678. The zero-order chi connectivity index (χ0) is 22.2. The van der Waals surface area contributed by atoms with E-state index in [1.807, 2.05) is 0 Å². The van der Waals surface area contributed by atoms with Gasteiger partial charge in [-0.3, -0.25) is 4.79 Å². The Balaban J connectivity index is 1.79. The number of ether oxygens (including phenoxy) is 2. The van der Waals surface area contributed by atoms with Gasteiger partial charge in [-0.1, -0.05) is 23.2 Å². The molecule has 1 heterocycles. The molecule has 0 atom stereocenters. The summed E-state index contributed by atoms with van der Waals surface area (Å²) in [6, 6.07) is 12.1. The maximum Gasteiger partial charge on any atom is 0.254 e. The number of hydrogen-bond donors (Lipinski definition) is 1. The Hall–Kier alpha value is -2.16. The van der Waals surface area contributed by atoms with Crippen LogP contribution < -0.4 is 4.74 Å². The normalized spacial score (nSPS) is 10.8. The lowest BCUT2D eigenvalue weighted by atomic mass is 10.1. The van der Waals surface area contributed by atoms with Crippen LogP contribution in [0, 0.1) is 0 Å². The van der Waals surface area contributed by atoms with Gasteiger partial charge < -0.3 is 19.5 Å². The maximum atomic E-state index is 13.1. The van der Waals surface area contributed by atoms with Crippen LogP contribution in [0.25, 0.3) is 0 Å². The number of methoxy groups -OCH3 is 1. The monoisotopic (exact) mass is 480 g/mol. The molecule has 9 heteroatoms. The fraction of sp³-hybridized carbons (Fsp3) is 0.273. The highest BCUT2D eigenvalue weighted by atomic mass is 35.5. The number of carbonyl (C=O) groups excluding carboxylic acids is 1. The van der Waals surface area contributed by atoms with Crippen molar-refractivity contribution in [3.05, 3.63) is 79.7 Å². The quantitative estimate of drug-likeness (QED) is 0.450. The highest BCUT2D eigenvalue weighted by Gasteiger charge is 2.19. The smallest absolute Gasteiger partial charge is 0.254 e. The summed E-state index contributed by atoms with van der Waals surface area (Å²) in [7, 11) is 1.59. The van der Waals surface area contributed by atoms with Gasteiger partial charge in [-0.25, -0.2) is 4.98 Å². The Morgan fingerprint density at radius 3 is 2.58 bits per heavy atom. The molecule has 3 rings (SSSR count). The van der Waals surface area contributed by atoms with Gasteiger partial charge >= 0.3 is 0 Å². The second-order valence-electron chi connectivity index (χ2n) is 6.66. The minimum absolute atomic E-state index is 0.107. The first-order chi connectivity index (χ1) is 15.0. The van der Waals surface area contributed by atoms with Crippen molar-refractivity contribution in [2.45, 2.75) is 19.8 Å². The first-order valence-electron chi connectivity index (χ1n) is 9.49. The molecule has 0 bridgehead atoms. The topological polar surface area (TPSA) is 71.9 Å². The Bertz CT molecular complexity index is 1010. The number of aliphatic hydroxyl groups is 1. The Kier molecular flexibility index (Phi) is 8.69. The number of nitrogens with zero attached hydrogens (tertiary/aromatic N) is 2. The molecule has 0 aliphatic carbocycles. The maximum absolute atomic E-state index is 13.1. The average molecular weight is 481 g/mol. The van der Waals surface area contributed by atoms with E-state index < -0.39 is 0 Å². The van der Waals surface area contributed by atoms with Crippen LogP contribution in [0.2, 0.25) is 10.0 Å². The summed E-state index contributed by atoms with van der Waals surface area (Å²) < 4.78 is 11.2. The van der Waals surface area contributed by atoms with E-state index in [9.17, 15) is 9.90 Å². The zero-order valence-electron chi connectivity index (χ0n) is 16.9. The lowest BCUT2D eigenvalue weighted by Crippen LogP contribution is -2.33. The minimum Gasteiger partial charge on any atom is -0.486 e. The molecule has 2 aromatic carbocycles. The van der Waals surface area contributed by atoms with E-state index in [2.05, 4.69) is 4.98 Å². The van der Waals surface area contributed by atoms with Gasteiger partial charge in [0.05, 0.1) is 18.9 Å². The zero-order valence-corrected chi connectivity index (χ0v) is 19.2. The molecular formula is C22H22Cl2N2O4S. The molecule has 0 aliphatic heterocycles. The molecule has 0 unspecified atom stereocenters. The second kappa shape index (κ2) is 11.5. The summed E-state index contributed by atoms with van der Waals surface area (Å²) >= 11 is 13.6. The number of amides is 1. The number of hydrogen-bond acceptors (Lipinski definition) is 6. The van der Waals surface area contributed by atoms with Crippen LogP contribution in [-0.2, 0) is 24.5 Å². The highest BCUT2D eigenvalue weighted by molar-refractivity contribution is 7.09. The molecule has 0 saturated carbocycles. The lowest BCUT2D eigenvalue weighted by Gasteiger charge is -2.24. The molecule has 0 fully saturated rings. The van der Waals surface area contributed by atoms with Crippen molar-refractivity contribution < 1.29 is 19.4 Å². The van der Waals surface area contributed by atoms with Crippen LogP contribution in [0.15, 0.2) is 47.8 Å². The third-order valence-corrected chi connectivity index (χ3v) is 5.80. The summed E-state index contributed by atoms with van der Waals surface area (Å²) in [5, 5.41) is 12.8. The van der Waals surface area contributed by atoms with Crippen LogP contribution in [0.5, 0.6) is 5.75 Å². The van der Waals surface area contributed by atoms with Gasteiger partial charge in [-0.05, 0) is 42.5 Å². The van der Waals surface area contributed by atoms with Crippen LogP contribution in [0.1, 0.15) is 26.6 Å². The van der Waals surface area contributed by atoms with E-state index in [-0.39, 0.29) is 19.1 Å². The molecule has 164 valence electrons. The first-order valence-corrected chi connectivity index (χ1v) is 11.1. The number of carbonyl (C=O) groups is 1. The van der Waals surface area contributed by atoms with Crippen molar-refractivity contribution in [2.75, 3.05) is 20.3 Å². The third-order valence-electron chi connectivity index (χ3n) is 4.44. The number of halogens is 2. The van der Waals surface area contributed by atoms with E-state index in [4.69, 9.17) is 32.7 Å². The number of aliphatic hydroxyl groups excluding tert-OH is 1. The third kappa shape index (κ3) is 6.66. The van der Waals surface area contributed by atoms with E-state index >= 15 is 0 Å². The van der Waals surface area contributed by atoms with Gasteiger partial charge in [-0.15, -0.1) is 11.3 Å². The number of thiazole rings is 1. The van der Waals surface area contributed by atoms with Crippen LogP contribution in [0.3, 0.4) is 0 Å². The van der Waals surface area contributed by atoms with E-state index in [0.29, 0.717) is 46.7 Å². The largest absolute Gasteiger partial charge is 0.486 e. The van der Waals surface area contributed by atoms with E-state index in [1.165, 1.54) is 11.3 Å². The summed E-state index contributed by atoms with van der Waals surface area (Å²) in [6.45, 7) is 1.22. The molecule has 3 aromatic rings. The van der Waals surface area contributed by atoms with Crippen molar-refractivity contribution in [1.82, 2.24) is 9.88 Å². The van der Waals surface area contributed by atoms with Gasteiger partial charge in [0.15, 0.2) is 0 Å². The molecular weight excluding hydrogens is 459 g/mol. The molecule has 0 radical (unpaired) electrons. The molecule has 1 amide bonds. The molecule has 0 aliphatic rings. The van der Waals surface area contributed by atoms with Crippen molar-refractivity contribution in [3.8, 4) is 5.75 Å². The predicted molar refractivity (Wildman–Crippen MR) is 122 cm³/mol. The molecule has 1 N–H and O–H groups in total. The van der Waals surface area contributed by atoms with Gasteiger partial charge in [0.25, 0.3) is 5.91 Å². The SMILES string of the molecule is COCCN(Cc1cc(Cl)ccc1OCc1nc(CO)cs1)C(=O)c1ccc(Cl)cc1. The van der Waals surface area contributed by atoms with Gasteiger partial charge in [0.1, 0.15) is 17.4 Å². The Labute approximate surface area is 195 Å². The Morgan fingerprint density at radius 2 is 1.90 bits per heavy atom. The van der Waals surface area contributed by atoms with Crippen molar-refractivity contribution >= 4 is 40.4 Å². The van der Waals surface area contributed by atoms with Gasteiger partial charge in [0.2, 0.25) is 0 Å². The highest BCUT2D eigenvalue weighted by Crippen LogP contribution is 2.26. The van der Waals surface area contributed by atoms with E-state index in [0.717, 1.165) is 10.6 Å². The van der Waals surface area contributed by atoms with E-state index in [1.54, 1.807) is 59.9 Å². The fourth-order valence-electron chi connectivity index (χ4n) is 2.87. The van der Waals surface area contributed by atoms with Crippen molar-refractivity contribution in [1.29, 1.82) is 0 Å². The molecule has 31 heavy (non-hydrogen) atoms. The summed E-state index contributed by atoms with van der Waals surface area (Å²) in [6.07, 6.45) is 0. The first kappa shape index (κ1) is 23.5. The fourth-order valence-corrected chi connectivity index (χ4v) is 3.89. The number of aromatic nitrogens is 1. The second-order valence-corrected chi connectivity index (χ2v) is 8.47. The Morgan fingerprint density at radius 1 is 1.16 bits per heavy atom. The standard InChI is InChI=1S/C22H22Cl2N2O4S/c1-29-9-8-26(22(28)15-2-4-17(23)5-3-15)11-16-10-18(24)6-7-20(16)30-13-21-25-19(12-27)14-31-21/h2-7,10,14,27H,8-9,11-13H2,1H3. The summed E-state index contributed by atoms with van der Waals surface area (Å²) in [4.78, 5) is 19.1. The van der Waals surface area contributed by atoms with Crippen molar-refractivity contribution in [3.63, 3.8) is 0 Å². The van der Waals surface area contributed by atoms with Crippen LogP contribution in [0.4, 0.5) is 0 Å². The predicted octanol–water partition coefficient (Wildman–Crippen LogP) is 4.81. The van der Waals surface area contributed by atoms with Crippen LogP contribution in [-0.4, -0.2) is 41.2 Å². The average Bonchev–Trinajstić information content (AvgIpc) is 3.24. The molecule has 0 spiro atoms. The minimum atomic E-state index is -0.146. The van der Waals surface area contributed by atoms with Gasteiger partial charge in [-0.2, -0.15) is 0 Å². The number of benzene rings is 2. The molecule has 1 aromatic heterocycles. The summed E-state index contributed by atoms with van der Waals surface area (Å²) in [5.41, 5.74) is 1.91. The van der Waals surface area contributed by atoms with Gasteiger partial charge in [0, 0.05) is 46.8 Å². The molecule has 6 nitrogen and oxygen atoms in total. The van der Waals surface area contributed by atoms with Crippen molar-refractivity contribution in [2.24, 2.45) is 0 Å². The summed E-state index contributed by atoms with van der Waals surface area (Å²) in [5.74, 6) is 0.462.